The number of rotatable bonds is 4. The van der Waals surface area contributed by atoms with Crippen molar-refractivity contribution in [3.63, 3.8) is 0 Å². The first-order valence-electron chi connectivity index (χ1n) is 5.49. The zero-order valence-electron chi connectivity index (χ0n) is 9.29. The van der Waals surface area contributed by atoms with Gasteiger partial charge in [-0.3, -0.25) is 4.79 Å². The van der Waals surface area contributed by atoms with Crippen molar-refractivity contribution in [1.82, 2.24) is 0 Å². The molecule has 86 valence electrons. The number of carbonyl (C=O) groups excluding carboxylic acids is 1. The molecule has 1 heterocycles. The van der Waals surface area contributed by atoms with E-state index in [4.69, 9.17) is 9.47 Å². The van der Waals surface area contributed by atoms with Crippen LogP contribution in [0.15, 0.2) is 18.2 Å². The third kappa shape index (κ3) is 2.45. The van der Waals surface area contributed by atoms with Crippen molar-refractivity contribution in [2.45, 2.75) is 26.2 Å². The number of benzene rings is 1. The SMILES string of the molecule is CCCCC(=O)Nc1ccc2c(c1)OCO2. The number of hydrogen-bond donors (Lipinski definition) is 1. The molecular formula is C12H15NO3. The van der Waals surface area contributed by atoms with Gasteiger partial charge >= 0.3 is 0 Å². The van der Waals surface area contributed by atoms with E-state index in [0.29, 0.717) is 12.2 Å². The molecule has 16 heavy (non-hydrogen) atoms. The van der Waals surface area contributed by atoms with Crippen LogP contribution in [0.4, 0.5) is 5.69 Å². The van der Waals surface area contributed by atoms with Crippen molar-refractivity contribution in [1.29, 1.82) is 0 Å². The van der Waals surface area contributed by atoms with Gasteiger partial charge in [0.05, 0.1) is 0 Å². The van der Waals surface area contributed by atoms with E-state index in [1.54, 1.807) is 12.1 Å². The van der Waals surface area contributed by atoms with E-state index in [-0.39, 0.29) is 12.7 Å². The maximum atomic E-state index is 11.5. The van der Waals surface area contributed by atoms with E-state index in [0.717, 1.165) is 24.3 Å². The molecule has 0 aromatic heterocycles. The number of amides is 1. The largest absolute Gasteiger partial charge is 0.454 e. The minimum Gasteiger partial charge on any atom is -0.454 e. The van der Waals surface area contributed by atoms with Crippen LogP contribution in [-0.2, 0) is 4.79 Å². The van der Waals surface area contributed by atoms with Crippen LogP contribution in [-0.4, -0.2) is 12.7 Å². The Kier molecular flexibility index (Phi) is 3.29. The molecule has 0 bridgehead atoms. The summed E-state index contributed by atoms with van der Waals surface area (Å²) >= 11 is 0. The van der Waals surface area contributed by atoms with Gasteiger partial charge in [-0.2, -0.15) is 0 Å². The summed E-state index contributed by atoms with van der Waals surface area (Å²) in [6.07, 6.45) is 2.50. The average Bonchev–Trinajstić information content (AvgIpc) is 2.73. The van der Waals surface area contributed by atoms with Gasteiger partial charge in [0.2, 0.25) is 12.7 Å². The van der Waals surface area contributed by atoms with Crippen molar-refractivity contribution in [3.8, 4) is 11.5 Å². The van der Waals surface area contributed by atoms with Crippen LogP contribution in [0.2, 0.25) is 0 Å². The lowest BCUT2D eigenvalue weighted by Crippen LogP contribution is -2.10. The molecule has 0 atom stereocenters. The second kappa shape index (κ2) is 4.88. The Labute approximate surface area is 94.6 Å². The molecule has 0 unspecified atom stereocenters. The fraction of sp³-hybridized carbons (Fsp3) is 0.417. The van der Waals surface area contributed by atoms with Gasteiger partial charge in [0, 0.05) is 18.2 Å². The zero-order chi connectivity index (χ0) is 11.4. The van der Waals surface area contributed by atoms with E-state index < -0.39 is 0 Å². The maximum Gasteiger partial charge on any atom is 0.231 e. The zero-order valence-corrected chi connectivity index (χ0v) is 9.29. The van der Waals surface area contributed by atoms with Gasteiger partial charge < -0.3 is 14.8 Å². The summed E-state index contributed by atoms with van der Waals surface area (Å²) in [5, 5.41) is 2.83. The summed E-state index contributed by atoms with van der Waals surface area (Å²) < 4.78 is 10.4. The summed E-state index contributed by atoms with van der Waals surface area (Å²) in [6.45, 7) is 2.32. The number of fused-ring (bicyclic) bond motifs is 1. The van der Waals surface area contributed by atoms with Crippen LogP contribution in [0.25, 0.3) is 0 Å². The number of nitrogens with one attached hydrogen (secondary N) is 1. The monoisotopic (exact) mass is 221 g/mol. The molecule has 0 spiro atoms. The van der Waals surface area contributed by atoms with Crippen molar-refractivity contribution < 1.29 is 14.3 Å². The van der Waals surface area contributed by atoms with Gasteiger partial charge in [-0.15, -0.1) is 0 Å². The molecule has 4 nitrogen and oxygen atoms in total. The Balaban J connectivity index is 1.97. The third-order valence-corrected chi connectivity index (χ3v) is 2.41. The fourth-order valence-corrected chi connectivity index (χ4v) is 1.54. The van der Waals surface area contributed by atoms with Gasteiger partial charge in [0.25, 0.3) is 0 Å². The summed E-state index contributed by atoms with van der Waals surface area (Å²) in [6, 6.07) is 5.40. The van der Waals surface area contributed by atoms with Gasteiger partial charge in [0.15, 0.2) is 11.5 Å². The Morgan fingerprint density at radius 1 is 1.38 bits per heavy atom. The third-order valence-electron chi connectivity index (χ3n) is 2.41. The van der Waals surface area contributed by atoms with E-state index in [1.807, 2.05) is 6.07 Å². The maximum absolute atomic E-state index is 11.5. The predicted octanol–water partition coefficient (Wildman–Crippen LogP) is 2.54. The molecule has 0 radical (unpaired) electrons. The van der Waals surface area contributed by atoms with E-state index in [1.165, 1.54) is 0 Å². The van der Waals surface area contributed by atoms with Crippen LogP contribution in [0.1, 0.15) is 26.2 Å². The second-order valence-corrected chi connectivity index (χ2v) is 3.72. The molecule has 0 saturated carbocycles. The fourth-order valence-electron chi connectivity index (χ4n) is 1.54. The molecule has 0 saturated heterocycles. The lowest BCUT2D eigenvalue weighted by atomic mass is 10.2. The molecule has 4 heteroatoms. The first kappa shape index (κ1) is 10.8. The number of anilines is 1. The molecule has 0 fully saturated rings. The Bertz CT molecular complexity index is 390. The highest BCUT2D eigenvalue weighted by Crippen LogP contribution is 2.34. The van der Waals surface area contributed by atoms with E-state index in [9.17, 15) is 4.79 Å². The lowest BCUT2D eigenvalue weighted by molar-refractivity contribution is -0.116. The van der Waals surface area contributed by atoms with Gasteiger partial charge in [0.1, 0.15) is 0 Å². The summed E-state index contributed by atoms with van der Waals surface area (Å²) in [4.78, 5) is 11.5. The lowest BCUT2D eigenvalue weighted by Gasteiger charge is -2.05. The predicted molar refractivity (Wildman–Crippen MR) is 60.7 cm³/mol. The minimum absolute atomic E-state index is 0.0423. The summed E-state index contributed by atoms with van der Waals surface area (Å²) in [5.74, 6) is 1.46. The summed E-state index contributed by atoms with van der Waals surface area (Å²) in [7, 11) is 0. The smallest absolute Gasteiger partial charge is 0.231 e. The van der Waals surface area contributed by atoms with Crippen LogP contribution < -0.4 is 14.8 Å². The molecule has 1 amide bonds. The molecule has 1 N–H and O–H groups in total. The highest BCUT2D eigenvalue weighted by Gasteiger charge is 2.13. The van der Waals surface area contributed by atoms with Crippen molar-refractivity contribution in [2.24, 2.45) is 0 Å². The number of carbonyl (C=O) groups is 1. The van der Waals surface area contributed by atoms with Gasteiger partial charge in [-0.05, 0) is 18.6 Å². The van der Waals surface area contributed by atoms with Crippen LogP contribution in [0.3, 0.4) is 0 Å². The second-order valence-electron chi connectivity index (χ2n) is 3.72. The molecule has 1 aromatic carbocycles. The molecule has 1 aromatic rings. The quantitative estimate of drug-likeness (QED) is 0.849. The standard InChI is InChI=1S/C12H15NO3/c1-2-3-4-12(14)13-9-5-6-10-11(7-9)16-8-15-10/h5-7H,2-4,8H2,1H3,(H,13,14). The van der Waals surface area contributed by atoms with Crippen molar-refractivity contribution in [2.75, 3.05) is 12.1 Å². The number of hydrogen-bond acceptors (Lipinski definition) is 3. The van der Waals surface area contributed by atoms with Crippen LogP contribution in [0, 0.1) is 0 Å². The topological polar surface area (TPSA) is 47.6 Å². The number of unbranched alkanes of at least 4 members (excludes halogenated alkanes) is 1. The Hall–Kier alpha value is -1.71. The average molecular weight is 221 g/mol. The highest BCUT2D eigenvalue weighted by atomic mass is 16.7. The Morgan fingerprint density at radius 2 is 2.19 bits per heavy atom. The van der Waals surface area contributed by atoms with Crippen LogP contribution >= 0.6 is 0 Å². The van der Waals surface area contributed by atoms with Crippen molar-refractivity contribution >= 4 is 11.6 Å². The van der Waals surface area contributed by atoms with E-state index in [2.05, 4.69) is 12.2 Å². The highest BCUT2D eigenvalue weighted by molar-refractivity contribution is 5.91. The molecule has 2 rings (SSSR count). The van der Waals surface area contributed by atoms with Gasteiger partial charge in [-0.25, -0.2) is 0 Å². The molecule has 1 aliphatic heterocycles. The minimum atomic E-state index is 0.0423. The van der Waals surface area contributed by atoms with Gasteiger partial charge in [-0.1, -0.05) is 13.3 Å². The normalized spacial score (nSPS) is 12.6. The first-order chi connectivity index (χ1) is 7.79. The van der Waals surface area contributed by atoms with Crippen LogP contribution in [0.5, 0.6) is 11.5 Å². The first-order valence-corrected chi connectivity index (χ1v) is 5.49. The molecule has 0 aliphatic carbocycles. The number of ether oxygens (including phenoxy) is 2. The molecule has 1 aliphatic rings. The Morgan fingerprint density at radius 3 is 3.00 bits per heavy atom. The van der Waals surface area contributed by atoms with E-state index >= 15 is 0 Å². The van der Waals surface area contributed by atoms with Crippen molar-refractivity contribution in [3.05, 3.63) is 18.2 Å². The summed E-state index contributed by atoms with van der Waals surface area (Å²) in [5.41, 5.74) is 0.755. The molecular weight excluding hydrogens is 206 g/mol.